The monoisotopic (exact) mass is 128 g/mol. The maximum Gasteiger partial charge on any atom is 0.220 e. The Kier molecular flexibility index (Phi) is 2.51. The molecule has 0 atom stereocenters. The van der Waals surface area contributed by atoms with E-state index in [2.05, 4.69) is 10.6 Å². The largest absolute Gasteiger partial charge is 0.355 e. The van der Waals surface area contributed by atoms with Crippen LogP contribution in [0, 0.1) is 0 Å². The van der Waals surface area contributed by atoms with Gasteiger partial charge in [0.25, 0.3) is 0 Å². The fourth-order valence-corrected chi connectivity index (χ4v) is 0.878. The van der Waals surface area contributed by atoms with Gasteiger partial charge in [0.15, 0.2) is 0 Å². The van der Waals surface area contributed by atoms with Crippen molar-refractivity contribution >= 4 is 5.91 Å². The normalized spacial score (nSPS) is 22.0. The van der Waals surface area contributed by atoms with E-state index in [1.54, 1.807) is 0 Å². The van der Waals surface area contributed by atoms with Gasteiger partial charge in [0.2, 0.25) is 5.91 Å². The summed E-state index contributed by atoms with van der Waals surface area (Å²) in [4.78, 5) is 10.7. The molecule has 1 amide bonds. The number of nitrogens with one attached hydrogen (secondary N) is 2. The lowest BCUT2D eigenvalue weighted by molar-refractivity contribution is -0.121. The molecule has 1 aliphatic heterocycles. The van der Waals surface area contributed by atoms with Crippen molar-refractivity contribution in [3.05, 3.63) is 0 Å². The maximum absolute atomic E-state index is 10.7. The summed E-state index contributed by atoms with van der Waals surface area (Å²) < 4.78 is 0. The molecular formula is C6H12N2O. The van der Waals surface area contributed by atoms with Gasteiger partial charge in [-0.3, -0.25) is 4.79 Å². The molecule has 3 nitrogen and oxygen atoms in total. The topological polar surface area (TPSA) is 41.1 Å². The summed E-state index contributed by atoms with van der Waals surface area (Å²) in [6, 6.07) is 0. The third kappa shape index (κ3) is 2.46. The summed E-state index contributed by atoms with van der Waals surface area (Å²) in [5.74, 6) is 0.191. The van der Waals surface area contributed by atoms with Crippen LogP contribution in [0.5, 0.6) is 0 Å². The van der Waals surface area contributed by atoms with Crippen LogP contribution in [-0.2, 0) is 4.79 Å². The molecule has 0 radical (unpaired) electrons. The summed E-state index contributed by atoms with van der Waals surface area (Å²) in [6.07, 6.45) is 1.64. The quantitative estimate of drug-likeness (QED) is 0.461. The third-order valence-electron chi connectivity index (χ3n) is 1.38. The number of hydrogen-bond donors (Lipinski definition) is 2. The van der Waals surface area contributed by atoms with Crippen LogP contribution in [0.2, 0.25) is 0 Å². The molecule has 0 aromatic carbocycles. The van der Waals surface area contributed by atoms with E-state index in [0.717, 1.165) is 26.1 Å². The summed E-state index contributed by atoms with van der Waals surface area (Å²) in [5.41, 5.74) is 0. The van der Waals surface area contributed by atoms with E-state index < -0.39 is 0 Å². The molecule has 0 bridgehead atoms. The standard InChI is InChI=1S/C6H12N2O/c9-6-2-1-3-7-4-5-8-6/h7H,1-5H2,(H,8,9). The van der Waals surface area contributed by atoms with Crippen LogP contribution in [0.15, 0.2) is 0 Å². The predicted molar refractivity (Wildman–Crippen MR) is 35.1 cm³/mol. The number of carbonyl (C=O) groups excluding carboxylic acids is 1. The van der Waals surface area contributed by atoms with Crippen molar-refractivity contribution in [3.63, 3.8) is 0 Å². The second kappa shape index (κ2) is 3.45. The highest BCUT2D eigenvalue weighted by atomic mass is 16.1. The SMILES string of the molecule is O=C1CCCNCCN1. The molecule has 0 spiro atoms. The van der Waals surface area contributed by atoms with Gasteiger partial charge >= 0.3 is 0 Å². The van der Waals surface area contributed by atoms with E-state index in [-0.39, 0.29) is 5.91 Å². The van der Waals surface area contributed by atoms with Gasteiger partial charge in [0.05, 0.1) is 0 Å². The molecule has 0 unspecified atom stereocenters. The lowest BCUT2D eigenvalue weighted by atomic mass is 10.2. The van der Waals surface area contributed by atoms with E-state index >= 15 is 0 Å². The molecule has 0 aromatic heterocycles. The fourth-order valence-electron chi connectivity index (χ4n) is 0.878. The molecule has 9 heavy (non-hydrogen) atoms. The van der Waals surface area contributed by atoms with Crippen LogP contribution in [0.3, 0.4) is 0 Å². The van der Waals surface area contributed by atoms with Crippen LogP contribution in [-0.4, -0.2) is 25.5 Å². The van der Waals surface area contributed by atoms with Gasteiger partial charge in [0, 0.05) is 19.5 Å². The minimum atomic E-state index is 0.191. The van der Waals surface area contributed by atoms with Crippen LogP contribution >= 0.6 is 0 Å². The lowest BCUT2D eigenvalue weighted by Crippen LogP contribution is -2.35. The van der Waals surface area contributed by atoms with Crippen molar-refractivity contribution in [2.75, 3.05) is 19.6 Å². The Labute approximate surface area is 54.8 Å². The van der Waals surface area contributed by atoms with Crippen molar-refractivity contribution in [3.8, 4) is 0 Å². The van der Waals surface area contributed by atoms with Crippen LogP contribution in [0.4, 0.5) is 0 Å². The molecule has 1 aliphatic rings. The average molecular weight is 128 g/mol. The Morgan fingerprint density at radius 2 is 2.11 bits per heavy atom. The molecule has 1 saturated heterocycles. The second-order valence-corrected chi connectivity index (χ2v) is 2.20. The van der Waals surface area contributed by atoms with E-state index in [1.807, 2.05) is 0 Å². The fraction of sp³-hybridized carbons (Fsp3) is 0.833. The van der Waals surface area contributed by atoms with Crippen molar-refractivity contribution in [2.24, 2.45) is 0 Å². The van der Waals surface area contributed by atoms with E-state index in [1.165, 1.54) is 0 Å². The first-order chi connectivity index (χ1) is 4.39. The Morgan fingerprint density at radius 3 is 3.00 bits per heavy atom. The van der Waals surface area contributed by atoms with Gasteiger partial charge in [-0.1, -0.05) is 0 Å². The van der Waals surface area contributed by atoms with E-state index in [4.69, 9.17) is 0 Å². The number of amides is 1. The molecule has 2 N–H and O–H groups in total. The van der Waals surface area contributed by atoms with Gasteiger partial charge in [-0.25, -0.2) is 0 Å². The molecule has 0 aliphatic carbocycles. The molecule has 0 aromatic rings. The van der Waals surface area contributed by atoms with Crippen molar-refractivity contribution in [1.29, 1.82) is 0 Å². The average Bonchev–Trinajstić information content (AvgIpc) is 1.79. The van der Waals surface area contributed by atoms with Gasteiger partial charge in [-0.15, -0.1) is 0 Å². The van der Waals surface area contributed by atoms with Crippen molar-refractivity contribution in [1.82, 2.24) is 10.6 Å². The maximum atomic E-state index is 10.7. The Bertz CT molecular complexity index is 93.2. The van der Waals surface area contributed by atoms with Crippen molar-refractivity contribution < 1.29 is 4.79 Å². The molecule has 1 heterocycles. The highest BCUT2D eigenvalue weighted by Gasteiger charge is 2.01. The Hall–Kier alpha value is -0.570. The molecule has 52 valence electrons. The summed E-state index contributed by atoms with van der Waals surface area (Å²) in [7, 11) is 0. The van der Waals surface area contributed by atoms with Gasteiger partial charge in [0.1, 0.15) is 0 Å². The number of hydrogen-bond acceptors (Lipinski definition) is 2. The zero-order valence-corrected chi connectivity index (χ0v) is 5.44. The zero-order valence-electron chi connectivity index (χ0n) is 5.44. The molecule has 1 rings (SSSR count). The smallest absolute Gasteiger partial charge is 0.220 e. The number of rotatable bonds is 0. The van der Waals surface area contributed by atoms with E-state index in [9.17, 15) is 4.79 Å². The first kappa shape index (κ1) is 6.55. The van der Waals surface area contributed by atoms with Gasteiger partial charge in [-0.05, 0) is 13.0 Å². The Balaban J connectivity index is 2.20. The Morgan fingerprint density at radius 1 is 1.22 bits per heavy atom. The highest BCUT2D eigenvalue weighted by molar-refractivity contribution is 5.75. The van der Waals surface area contributed by atoms with Gasteiger partial charge < -0.3 is 10.6 Å². The van der Waals surface area contributed by atoms with Crippen molar-refractivity contribution in [2.45, 2.75) is 12.8 Å². The zero-order chi connectivity index (χ0) is 6.53. The van der Waals surface area contributed by atoms with Crippen LogP contribution < -0.4 is 10.6 Å². The predicted octanol–water partition coefficient (Wildman–Crippen LogP) is -0.514. The van der Waals surface area contributed by atoms with Gasteiger partial charge in [-0.2, -0.15) is 0 Å². The summed E-state index contributed by atoms with van der Waals surface area (Å²) in [5, 5.41) is 5.98. The molecular weight excluding hydrogens is 116 g/mol. The van der Waals surface area contributed by atoms with Crippen LogP contribution in [0.25, 0.3) is 0 Å². The number of carbonyl (C=O) groups is 1. The third-order valence-corrected chi connectivity index (χ3v) is 1.38. The first-order valence-electron chi connectivity index (χ1n) is 3.37. The lowest BCUT2D eigenvalue weighted by Gasteiger charge is -2.10. The minimum Gasteiger partial charge on any atom is -0.355 e. The molecule has 1 fully saturated rings. The van der Waals surface area contributed by atoms with Crippen LogP contribution in [0.1, 0.15) is 12.8 Å². The molecule has 3 heteroatoms. The summed E-state index contributed by atoms with van der Waals surface area (Å²) in [6.45, 7) is 2.66. The summed E-state index contributed by atoms with van der Waals surface area (Å²) >= 11 is 0. The van der Waals surface area contributed by atoms with E-state index in [0.29, 0.717) is 6.42 Å². The first-order valence-corrected chi connectivity index (χ1v) is 3.37. The molecule has 0 saturated carbocycles. The second-order valence-electron chi connectivity index (χ2n) is 2.20. The minimum absolute atomic E-state index is 0.191. The highest BCUT2D eigenvalue weighted by Crippen LogP contribution is 1.88.